The Kier molecular flexibility index (Phi) is 3.54. The number of aliphatic hydroxyl groups excluding tert-OH is 1. The Balaban J connectivity index is 2.46. The van der Waals surface area contributed by atoms with Crippen LogP contribution in [0.15, 0.2) is 30.5 Å². The van der Waals surface area contributed by atoms with Crippen molar-refractivity contribution in [2.75, 3.05) is 0 Å². The molecule has 6 heteroatoms. The van der Waals surface area contributed by atoms with E-state index >= 15 is 0 Å². The largest absolute Gasteiger partial charge is 0.384 e. The van der Waals surface area contributed by atoms with E-state index in [1.807, 2.05) is 0 Å². The topological polar surface area (TPSA) is 33.1 Å². The van der Waals surface area contributed by atoms with Crippen molar-refractivity contribution in [1.29, 1.82) is 0 Å². The predicted molar refractivity (Wildman–Crippen MR) is 59.6 cm³/mol. The molecule has 0 radical (unpaired) electrons. The second-order valence-corrected chi connectivity index (χ2v) is 3.97. The molecule has 1 heterocycles. The molecule has 0 amide bonds. The van der Waals surface area contributed by atoms with E-state index in [0.29, 0.717) is 0 Å². The number of halogens is 4. The molecule has 2 nitrogen and oxygen atoms in total. The highest BCUT2D eigenvalue weighted by Crippen LogP contribution is 2.27. The van der Waals surface area contributed by atoms with Crippen molar-refractivity contribution in [3.8, 4) is 0 Å². The summed E-state index contributed by atoms with van der Waals surface area (Å²) in [5.74, 6) is -4.35. The number of nitrogens with zero attached hydrogens (tertiary/aromatic N) is 1. The third-order valence-electron chi connectivity index (χ3n) is 2.43. The van der Waals surface area contributed by atoms with Crippen LogP contribution in [0.3, 0.4) is 0 Å². The van der Waals surface area contributed by atoms with Gasteiger partial charge in [-0.25, -0.2) is 18.2 Å². The molecule has 1 aromatic carbocycles. The molecule has 18 heavy (non-hydrogen) atoms. The molecule has 0 fully saturated rings. The number of aliphatic hydroxyl groups is 1. The highest BCUT2D eigenvalue weighted by Gasteiger charge is 2.20. The minimum absolute atomic E-state index is 0.106. The molecular formula is C12H7ClF3NO. The van der Waals surface area contributed by atoms with E-state index in [2.05, 4.69) is 4.98 Å². The van der Waals surface area contributed by atoms with Crippen molar-refractivity contribution < 1.29 is 18.3 Å². The third kappa shape index (κ3) is 2.32. The fourth-order valence-corrected chi connectivity index (χ4v) is 1.70. The summed E-state index contributed by atoms with van der Waals surface area (Å²) in [6, 6.07) is 4.44. The van der Waals surface area contributed by atoms with Gasteiger partial charge in [-0.05, 0) is 23.8 Å². The van der Waals surface area contributed by atoms with Crippen LogP contribution >= 0.6 is 11.6 Å². The number of hydrogen-bond donors (Lipinski definition) is 1. The minimum atomic E-state index is -1.62. The molecule has 1 N–H and O–H groups in total. The Morgan fingerprint density at radius 1 is 1.11 bits per heavy atom. The van der Waals surface area contributed by atoms with Crippen LogP contribution in [-0.2, 0) is 0 Å². The average molecular weight is 274 g/mol. The molecule has 0 spiro atoms. The molecule has 2 aromatic rings. The van der Waals surface area contributed by atoms with E-state index in [0.717, 1.165) is 12.1 Å². The van der Waals surface area contributed by atoms with Gasteiger partial charge in [-0.15, -0.1) is 0 Å². The van der Waals surface area contributed by atoms with Crippen LogP contribution < -0.4 is 0 Å². The number of benzene rings is 1. The highest BCUT2D eigenvalue weighted by atomic mass is 35.5. The van der Waals surface area contributed by atoms with Gasteiger partial charge < -0.3 is 5.11 Å². The Labute approximate surface area is 106 Å². The quantitative estimate of drug-likeness (QED) is 0.673. The zero-order valence-corrected chi connectivity index (χ0v) is 9.63. The zero-order chi connectivity index (χ0) is 13.3. The second-order valence-electron chi connectivity index (χ2n) is 3.58. The highest BCUT2D eigenvalue weighted by molar-refractivity contribution is 6.29. The normalized spacial score (nSPS) is 12.5. The standard InChI is InChI=1S/C12H7ClF3NO/c13-9-5-6(3-4-17-9)12(18)7-1-2-8(14)11(16)10(7)15/h1-5,12,18H. The second kappa shape index (κ2) is 4.96. The summed E-state index contributed by atoms with van der Waals surface area (Å²) < 4.78 is 39.3. The predicted octanol–water partition coefficient (Wildman–Crippen LogP) is 3.23. The van der Waals surface area contributed by atoms with Crippen LogP contribution in [0.4, 0.5) is 13.2 Å². The molecule has 0 saturated carbocycles. The summed E-state index contributed by atoms with van der Waals surface area (Å²) >= 11 is 5.62. The smallest absolute Gasteiger partial charge is 0.194 e. The number of rotatable bonds is 2. The lowest BCUT2D eigenvalue weighted by molar-refractivity contribution is 0.212. The lowest BCUT2D eigenvalue weighted by atomic mass is 10.0. The Hall–Kier alpha value is -1.59. The maximum absolute atomic E-state index is 13.5. The Morgan fingerprint density at radius 3 is 2.50 bits per heavy atom. The van der Waals surface area contributed by atoms with Crippen LogP contribution in [-0.4, -0.2) is 10.1 Å². The Bertz CT molecular complexity index is 592. The summed E-state index contributed by atoms with van der Waals surface area (Å²) in [6.07, 6.45) is -0.126. The summed E-state index contributed by atoms with van der Waals surface area (Å²) in [5.41, 5.74) is -0.129. The molecular weight excluding hydrogens is 267 g/mol. The van der Waals surface area contributed by atoms with Gasteiger partial charge in [0.25, 0.3) is 0 Å². The summed E-state index contributed by atoms with van der Waals surface area (Å²) in [4.78, 5) is 3.70. The molecule has 1 unspecified atom stereocenters. The first-order valence-corrected chi connectivity index (χ1v) is 5.31. The van der Waals surface area contributed by atoms with Gasteiger partial charge in [0.15, 0.2) is 17.5 Å². The van der Waals surface area contributed by atoms with E-state index < -0.39 is 23.6 Å². The lowest BCUT2D eigenvalue weighted by Crippen LogP contribution is -2.06. The van der Waals surface area contributed by atoms with Crippen molar-refractivity contribution >= 4 is 11.6 Å². The van der Waals surface area contributed by atoms with Gasteiger partial charge in [-0.1, -0.05) is 17.7 Å². The van der Waals surface area contributed by atoms with Crippen LogP contribution in [0.5, 0.6) is 0 Å². The number of pyridine rings is 1. The van der Waals surface area contributed by atoms with Crippen LogP contribution in [0.2, 0.25) is 5.15 Å². The Morgan fingerprint density at radius 2 is 1.83 bits per heavy atom. The SMILES string of the molecule is OC(c1ccnc(Cl)c1)c1ccc(F)c(F)c1F. The van der Waals surface area contributed by atoms with Crippen molar-refractivity contribution in [2.24, 2.45) is 0 Å². The first-order valence-electron chi connectivity index (χ1n) is 4.93. The molecule has 94 valence electrons. The van der Waals surface area contributed by atoms with E-state index in [1.165, 1.54) is 18.3 Å². The first-order chi connectivity index (χ1) is 8.50. The maximum atomic E-state index is 13.5. The fraction of sp³-hybridized carbons (Fsp3) is 0.0833. The van der Waals surface area contributed by atoms with Crippen LogP contribution in [0.1, 0.15) is 17.2 Å². The van der Waals surface area contributed by atoms with E-state index in [9.17, 15) is 18.3 Å². The van der Waals surface area contributed by atoms with Gasteiger partial charge in [0.2, 0.25) is 0 Å². The molecule has 1 aromatic heterocycles. The summed E-state index contributed by atoms with van der Waals surface area (Å²) in [7, 11) is 0. The molecule has 0 aliphatic rings. The van der Waals surface area contributed by atoms with Gasteiger partial charge in [-0.2, -0.15) is 0 Å². The maximum Gasteiger partial charge on any atom is 0.194 e. The van der Waals surface area contributed by atoms with E-state index in [4.69, 9.17) is 11.6 Å². The molecule has 0 aliphatic carbocycles. The monoisotopic (exact) mass is 273 g/mol. The summed E-state index contributed by atoms with van der Waals surface area (Å²) in [5, 5.41) is 10.0. The van der Waals surface area contributed by atoms with Crippen molar-refractivity contribution in [2.45, 2.75) is 6.10 Å². The number of aromatic nitrogens is 1. The molecule has 0 bridgehead atoms. The molecule has 0 aliphatic heterocycles. The van der Waals surface area contributed by atoms with E-state index in [-0.39, 0.29) is 16.3 Å². The van der Waals surface area contributed by atoms with Gasteiger partial charge in [0, 0.05) is 11.8 Å². The lowest BCUT2D eigenvalue weighted by Gasteiger charge is -2.12. The van der Waals surface area contributed by atoms with Crippen molar-refractivity contribution in [3.63, 3.8) is 0 Å². The first kappa shape index (κ1) is 12.9. The summed E-state index contributed by atoms with van der Waals surface area (Å²) in [6.45, 7) is 0. The van der Waals surface area contributed by atoms with Crippen molar-refractivity contribution in [1.82, 2.24) is 4.98 Å². The molecule has 0 saturated heterocycles. The minimum Gasteiger partial charge on any atom is -0.384 e. The van der Waals surface area contributed by atoms with Crippen LogP contribution in [0, 0.1) is 17.5 Å². The zero-order valence-electron chi connectivity index (χ0n) is 8.87. The van der Waals surface area contributed by atoms with Crippen molar-refractivity contribution in [3.05, 3.63) is 64.2 Å². The molecule has 2 rings (SSSR count). The van der Waals surface area contributed by atoms with E-state index in [1.54, 1.807) is 0 Å². The van der Waals surface area contributed by atoms with Crippen LogP contribution in [0.25, 0.3) is 0 Å². The fourth-order valence-electron chi connectivity index (χ4n) is 1.52. The third-order valence-corrected chi connectivity index (χ3v) is 2.63. The number of hydrogen-bond acceptors (Lipinski definition) is 2. The van der Waals surface area contributed by atoms with Gasteiger partial charge in [-0.3, -0.25) is 0 Å². The average Bonchev–Trinajstić information content (AvgIpc) is 2.35. The van der Waals surface area contributed by atoms with Gasteiger partial charge >= 0.3 is 0 Å². The molecule has 1 atom stereocenters. The van der Waals surface area contributed by atoms with Gasteiger partial charge in [0.1, 0.15) is 11.3 Å². The van der Waals surface area contributed by atoms with Gasteiger partial charge in [0.05, 0.1) is 0 Å².